The lowest BCUT2D eigenvalue weighted by Gasteiger charge is -2.07. The van der Waals surface area contributed by atoms with Gasteiger partial charge in [-0.1, -0.05) is 13.8 Å². The Labute approximate surface area is 84.2 Å². The molecule has 0 aliphatic rings. The minimum Gasteiger partial charge on any atom is -0.298 e. The van der Waals surface area contributed by atoms with Crippen molar-refractivity contribution in [1.29, 1.82) is 5.26 Å². The number of carbonyl (C=O) groups is 1. The van der Waals surface area contributed by atoms with E-state index in [0.717, 1.165) is 35.8 Å². The second-order valence-electron chi connectivity index (χ2n) is 3.14. The van der Waals surface area contributed by atoms with Gasteiger partial charge < -0.3 is 0 Å². The third-order valence-electron chi connectivity index (χ3n) is 2.36. The number of hydrogen-bond acceptors (Lipinski definition) is 2. The molecule has 72 valence electrons. The predicted molar refractivity (Wildman–Crippen MR) is 55.3 cm³/mol. The molecular weight excluding hydrogens is 174 g/mol. The van der Waals surface area contributed by atoms with Crippen LogP contribution in [0.25, 0.3) is 0 Å². The minimum absolute atomic E-state index is 0.643. The van der Waals surface area contributed by atoms with Crippen molar-refractivity contribution in [2.75, 3.05) is 0 Å². The zero-order valence-corrected chi connectivity index (χ0v) is 8.50. The molecule has 0 aliphatic carbocycles. The summed E-state index contributed by atoms with van der Waals surface area (Å²) in [7, 11) is 0. The van der Waals surface area contributed by atoms with Crippen molar-refractivity contribution in [3.63, 3.8) is 0 Å². The Balaban J connectivity index is 3.41. The molecule has 0 amide bonds. The molecule has 1 aromatic rings. The summed E-state index contributed by atoms with van der Waals surface area (Å²) in [5, 5.41) is 8.80. The largest absolute Gasteiger partial charge is 0.298 e. The van der Waals surface area contributed by atoms with Gasteiger partial charge in [0.2, 0.25) is 0 Å². The van der Waals surface area contributed by atoms with Crippen LogP contribution >= 0.6 is 0 Å². The van der Waals surface area contributed by atoms with E-state index in [-0.39, 0.29) is 0 Å². The van der Waals surface area contributed by atoms with Gasteiger partial charge in [-0.15, -0.1) is 0 Å². The van der Waals surface area contributed by atoms with Gasteiger partial charge in [0.05, 0.1) is 11.6 Å². The first-order valence-electron chi connectivity index (χ1n) is 4.77. The highest BCUT2D eigenvalue weighted by Crippen LogP contribution is 2.17. The number of benzene rings is 1. The van der Waals surface area contributed by atoms with Gasteiger partial charge in [0.15, 0.2) is 6.29 Å². The fourth-order valence-electron chi connectivity index (χ4n) is 1.58. The first kappa shape index (κ1) is 10.5. The van der Waals surface area contributed by atoms with Crippen LogP contribution in [0.15, 0.2) is 12.1 Å². The molecule has 0 spiro atoms. The number of carbonyl (C=O) groups excluding carboxylic acids is 1. The molecule has 0 atom stereocenters. The lowest BCUT2D eigenvalue weighted by Crippen LogP contribution is -1.98. The molecule has 1 aromatic carbocycles. The first-order valence-corrected chi connectivity index (χ1v) is 4.77. The van der Waals surface area contributed by atoms with Gasteiger partial charge in [-0.05, 0) is 36.1 Å². The second-order valence-corrected chi connectivity index (χ2v) is 3.14. The van der Waals surface area contributed by atoms with E-state index in [1.165, 1.54) is 0 Å². The lowest BCUT2D eigenvalue weighted by molar-refractivity contribution is 0.112. The SMILES string of the molecule is CCc1cc(C#N)cc(CC)c1C=O. The normalized spacial score (nSPS) is 9.50. The Hall–Kier alpha value is -1.62. The average Bonchev–Trinajstić information content (AvgIpc) is 2.26. The van der Waals surface area contributed by atoms with Crippen LogP contribution in [0.2, 0.25) is 0 Å². The van der Waals surface area contributed by atoms with Crippen molar-refractivity contribution in [3.05, 3.63) is 34.4 Å². The molecule has 1 rings (SSSR count). The molecule has 0 aromatic heterocycles. The van der Waals surface area contributed by atoms with E-state index in [1.54, 1.807) is 12.1 Å². The monoisotopic (exact) mass is 187 g/mol. The van der Waals surface area contributed by atoms with Crippen LogP contribution in [0.1, 0.15) is 40.9 Å². The zero-order chi connectivity index (χ0) is 10.6. The van der Waals surface area contributed by atoms with Gasteiger partial charge in [0.25, 0.3) is 0 Å². The molecule has 14 heavy (non-hydrogen) atoms. The van der Waals surface area contributed by atoms with Gasteiger partial charge in [-0.25, -0.2) is 0 Å². The molecule has 0 heterocycles. The van der Waals surface area contributed by atoms with Crippen LogP contribution in [0, 0.1) is 11.3 Å². The highest BCUT2D eigenvalue weighted by molar-refractivity contribution is 5.80. The van der Waals surface area contributed by atoms with Crippen molar-refractivity contribution in [2.24, 2.45) is 0 Å². The van der Waals surface area contributed by atoms with Crippen LogP contribution in [0.5, 0.6) is 0 Å². The van der Waals surface area contributed by atoms with E-state index in [2.05, 4.69) is 6.07 Å². The van der Waals surface area contributed by atoms with E-state index >= 15 is 0 Å². The fourth-order valence-corrected chi connectivity index (χ4v) is 1.58. The lowest BCUT2D eigenvalue weighted by atomic mass is 9.96. The Morgan fingerprint density at radius 3 is 2.07 bits per heavy atom. The summed E-state index contributed by atoms with van der Waals surface area (Å²) < 4.78 is 0. The van der Waals surface area contributed by atoms with Crippen molar-refractivity contribution in [2.45, 2.75) is 26.7 Å². The van der Waals surface area contributed by atoms with Gasteiger partial charge in [-0.3, -0.25) is 4.79 Å². The standard InChI is InChI=1S/C12H13NO/c1-3-10-5-9(7-13)6-11(4-2)12(10)8-14/h5-6,8H,3-4H2,1-2H3. The van der Waals surface area contributed by atoms with Gasteiger partial charge in [0.1, 0.15) is 0 Å². The zero-order valence-electron chi connectivity index (χ0n) is 8.50. The van der Waals surface area contributed by atoms with E-state index in [1.807, 2.05) is 13.8 Å². The van der Waals surface area contributed by atoms with E-state index in [9.17, 15) is 4.79 Å². The Bertz CT molecular complexity index is 363. The highest BCUT2D eigenvalue weighted by Gasteiger charge is 2.07. The molecule has 0 N–H and O–H groups in total. The molecule has 0 radical (unpaired) electrons. The Morgan fingerprint density at radius 1 is 1.29 bits per heavy atom. The molecule has 0 bridgehead atoms. The summed E-state index contributed by atoms with van der Waals surface area (Å²) in [4.78, 5) is 10.9. The molecule has 0 saturated carbocycles. The molecule has 2 nitrogen and oxygen atoms in total. The number of rotatable bonds is 3. The van der Waals surface area contributed by atoms with Crippen molar-refractivity contribution >= 4 is 6.29 Å². The Morgan fingerprint density at radius 2 is 1.79 bits per heavy atom. The van der Waals surface area contributed by atoms with Crippen LogP contribution in [0.4, 0.5) is 0 Å². The van der Waals surface area contributed by atoms with Crippen LogP contribution < -0.4 is 0 Å². The maximum Gasteiger partial charge on any atom is 0.150 e. The Kier molecular flexibility index (Phi) is 3.41. The predicted octanol–water partition coefficient (Wildman–Crippen LogP) is 2.50. The summed E-state index contributed by atoms with van der Waals surface area (Å²) in [6.07, 6.45) is 2.46. The number of aldehydes is 1. The second kappa shape index (κ2) is 4.57. The fraction of sp³-hybridized carbons (Fsp3) is 0.333. The molecule has 0 fully saturated rings. The number of aryl methyl sites for hydroxylation is 2. The van der Waals surface area contributed by atoms with Crippen LogP contribution in [-0.2, 0) is 12.8 Å². The summed E-state index contributed by atoms with van der Waals surface area (Å²) in [5.74, 6) is 0. The van der Waals surface area contributed by atoms with Gasteiger partial charge in [0, 0.05) is 5.56 Å². The summed E-state index contributed by atoms with van der Waals surface area (Å²) in [5.41, 5.74) is 3.34. The minimum atomic E-state index is 0.643. The summed E-state index contributed by atoms with van der Waals surface area (Å²) >= 11 is 0. The van der Waals surface area contributed by atoms with Crippen molar-refractivity contribution < 1.29 is 4.79 Å². The number of nitrogens with zero attached hydrogens (tertiary/aromatic N) is 1. The van der Waals surface area contributed by atoms with E-state index in [0.29, 0.717) is 5.56 Å². The summed E-state index contributed by atoms with van der Waals surface area (Å²) in [6.45, 7) is 3.98. The summed E-state index contributed by atoms with van der Waals surface area (Å²) in [6, 6.07) is 5.70. The van der Waals surface area contributed by atoms with Crippen molar-refractivity contribution in [1.82, 2.24) is 0 Å². The number of nitriles is 1. The van der Waals surface area contributed by atoms with Gasteiger partial charge >= 0.3 is 0 Å². The van der Waals surface area contributed by atoms with E-state index < -0.39 is 0 Å². The highest BCUT2D eigenvalue weighted by atomic mass is 16.1. The number of hydrogen-bond donors (Lipinski definition) is 0. The van der Waals surface area contributed by atoms with Crippen LogP contribution in [-0.4, -0.2) is 6.29 Å². The van der Waals surface area contributed by atoms with Gasteiger partial charge in [-0.2, -0.15) is 5.26 Å². The molecule has 0 saturated heterocycles. The smallest absolute Gasteiger partial charge is 0.150 e. The molecule has 0 unspecified atom stereocenters. The van der Waals surface area contributed by atoms with Crippen molar-refractivity contribution in [3.8, 4) is 6.07 Å². The molecule has 2 heteroatoms. The average molecular weight is 187 g/mol. The maximum atomic E-state index is 10.9. The molecule has 0 aliphatic heterocycles. The quantitative estimate of drug-likeness (QED) is 0.682. The topological polar surface area (TPSA) is 40.9 Å². The molecular formula is C12H13NO. The van der Waals surface area contributed by atoms with E-state index in [4.69, 9.17) is 5.26 Å². The first-order chi connectivity index (χ1) is 6.76. The third-order valence-corrected chi connectivity index (χ3v) is 2.36. The van der Waals surface area contributed by atoms with Crippen LogP contribution in [0.3, 0.4) is 0 Å². The maximum absolute atomic E-state index is 10.9. The third kappa shape index (κ3) is 1.82.